The molecule has 164 valence electrons. The SMILES string of the molecule is O=C(Nc1ccc([N+](=O)[O-])cc1)C(c1ccccc1)N(C(=O)C(Cl)(Cl)Cl)c1ccccc1. The van der Waals surface area contributed by atoms with Crippen LogP contribution < -0.4 is 10.2 Å². The number of rotatable bonds is 6. The molecule has 0 aliphatic rings. The molecule has 0 aromatic heterocycles. The summed E-state index contributed by atoms with van der Waals surface area (Å²) in [4.78, 5) is 38.0. The van der Waals surface area contributed by atoms with Gasteiger partial charge >= 0.3 is 0 Å². The monoisotopic (exact) mass is 491 g/mol. The average Bonchev–Trinajstić information content (AvgIpc) is 2.77. The highest BCUT2D eigenvalue weighted by Gasteiger charge is 2.42. The molecule has 0 spiro atoms. The zero-order valence-corrected chi connectivity index (χ0v) is 18.6. The number of anilines is 2. The van der Waals surface area contributed by atoms with E-state index in [1.807, 2.05) is 0 Å². The Bertz CT molecular complexity index is 1100. The van der Waals surface area contributed by atoms with Crippen molar-refractivity contribution in [2.24, 2.45) is 0 Å². The van der Waals surface area contributed by atoms with Crippen molar-refractivity contribution in [1.82, 2.24) is 0 Å². The van der Waals surface area contributed by atoms with Crippen molar-refractivity contribution in [2.45, 2.75) is 9.83 Å². The molecule has 0 saturated carbocycles. The summed E-state index contributed by atoms with van der Waals surface area (Å²) >= 11 is 17.7. The van der Waals surface area contributed by atoms with Crippen LogP contribution in [-0.2, 0) is 9.59 Å². The Balaban J connectivity index is 2.06. The van der Waals surface area contributed by atoms with E-state index in [4.69, 9.17) is 34.8 Å². The minimum atomic E-state index is -2.32. The van der Waals surface area contributed by atoms with Gasteiger partial charge in [-0.2, -0.15) is 0 Å². The standard InChI is InChI=1S/C22H16Cl3N3O4/c23-22(24,25)21(30)27(17-9-5-2-6-10-17)19(15-7-3-1-4-8-15)20(29)26-16-11-13-18(14-12-16)28(31)32/h1-14,19H,(H,26,29). The van der Waals surface area contributed by atoms with Gasteiger partial charge in [0, 0.05) is 23.5 Å². The molecule has 3 aromatic rings. The third-order valence-corrected chi connectivity index (χ3v) is 4.95. The third kappa shape index (κ3) is 5.56. The van der Waals surface area contributed by atoms with Crippen LogP contribution in [0.4, 0.5) is 17.1 Å². The maximum atomic E-state index is 13.4. The van der Waals surface area contributed by atoms with Crippen molar-refractivity contribution in [3.63, 3.8) is 0 Å². The number of hydrogen-bond acceptors (Lipinski definition) is 4. The zero-order chi connectivity index (χ0) is 23.3. The van der Waals surface area contributed by atoms with Crippen molar-refractivity contribution in [3.05, 3.63) is 101 Å². The van der Waals surface area contributed by atoms with Gasteiger partial charge < -0.3 is 5.32 Å². The van der Waals surface area contributed by atoms with E-state index in [0.29, 0.717) is 16.9 Å². The molecule has 0 radical (unpaired) electrons. The lowest BCUT2D eigenvalue weighted by Gasteiger charge is -2.33. The number of para-hydroxylation sites is 1. The van der Waals surface area contributed by atoms with Gasteiger partial charge in [0.1, 0.15) is 6.04 Å². The number of carbonyl (C=O) groups excluding carboxylic acids is 2. The first-order valence-corrected chi connectivity index (χ1v) is 10.4. The van der Waals surface area contributed by atoms with E-state index in [9.17, 15) is 19.7 Å². The first kappa shape index (κ1) is 23.5. The molecule has 2 amide bonds. The number of nitrogens with one attached hydrogen (secondary N) is 1. The van der Waals surface area contributed by atoms with E-state index >= 15 is 0 Å². The maximum Gasteiger partial charge on any atom is 0.280 e. The molecule has 0 heterocycles. The number of nitro groups is 1. The van der Waals surface area contributed by atoms with Crippen LogP contribution in [-0.4, -0.2) is 20.5 Å². The third-order valence-electron chi connectivity index (χ3n) is 4.46. The predicted molar refractivity (Wildman–Crippen MR) is 125 cm³/mol. The summed E-state index contributed by atoms with van der Waals surface area (Å²) < 4.78 is -2.32. The summed E-state index contributed by atoms with van der Waals surface area (Å²) in [5.41, 5.74) is 0.991. The molecule has 1 N–H and O–H groups in total. The number of hydrogen-bond donors (Lipinski definition) is 1. The van der Waals surface area contributed by atoms with Crippen molar-refractivity contribution >= 4 is 63.7 Å². The fraction of sp³-hybridized carbons (Fsp3) is 0.0909. The Morgan fingerprint density at radius 3 is 1.91 bits per heavy atom. The first-order chi connectivity index (χ1) is 15.2. The van der Waals surface area contributed by atoms with E-state index in [0.717, 1.165) is 4.90 Å². The van der Waals surface area contributed by atoms with Gasteiger partial charge in [-0.3, -0.25) is 24.6 Å². The molecule has 1 unspecified atom stereocenters. The molecule has 7 nitrogen and oxygen atoms in total. The zero-order valence-electron chi connectivity index (χ0n) is 16.3. The van der Waals surface area contributed by atoms with Crippen LogP contribution in [0.5, 0.6) is 0 Å². The Morgan fingerprint density at radius 2 is 1.41 bits per heavy atom. The first-order valence-electron chi connectivity index (χ1n) is 9.24. The van der Waals surface area contributed by atoms with Gasteiger partial charge in [0.15, 0.2) is 0 Å². The van der Waals surface area contributed by atoms with Crippen LogP contribution in [0.25, 0.3) is 0 Å². The summed E-state index contributed by atoms with van der Waals surface area (Å²) in [6.45, 7) is 0. The summed E-state index contributed by atoms with van der Waals surface area (Å²) in [5.74, 6) is -1.52. The second-order valence-corrected chi connectivity index (χ2v) is 8.90. The number of nitrogens with zero attached hydrogens (tertiary/aromatic N) is 2. The van der Waals surface area contributed by atoms with Gasteiger partial charge in [0.25, 0.3) is 21.3 Å². The molecule has 10 heteroatoms. The number of halogens is 3. The quantitative estimate of drug-likeness (QED) is 0.272. The summed E-state index contributed by atoms with van der Waals surface area (Å²) in [5, 5.41) is 13.6. The molecule has 0 aliphatic carbocycles. The molecule has 0 fully saturated rings. The van der Waals surface area contributed by atoms with Gasteiger partial charge in [0.2, 0.25) is 0 Å². The average molecular weight is 493 g/mol. The second kappa shape index (κ2) is 9.99. The highest BCUT2D eigenvalue weighted by atomic mass is 35.6. The Labute approximate surface area is 198 Å². The number of non-ortho nitro benzene ring substituents is 1. The maximum absolute atomic E-state index is 13.4. The largest absolute Gasteiger partial charge is 0.324 e. The van der Waals surface area contributed by atoms with Gasteiger partial charge in [-0.05, 0) is 29.8 Å². The van der Waals surface area contributed by atoms with E-state index in [1.165, 1.54) is 24.3 Å². The van der Waals surface area contributed by atoms with Crippen LogP contribution in [0, 0.1) is 10.1 Å². The smallest absolute Gasteiger partial charge is 0.280 e. The van der Waals surface area contributed by atoms with Crippen LogP contribution in [0.3, 0.4) is 0 Å². The predicted octanol–water partition coefficient (Wildman–Crippen LogP) is 5.68. The van der Waals surface area contributed by atoms with E-state index in [1.54, 1.807) is 60.7 Å². The van der Waals surface area contributed by atoms with Gasteiger partial charge in [-0.25, -0.2) is 0 Å². The fourth-order valence-electron chi connectivity index (χ4n) is 3.04. The lowest BCUT2D eigenvalue weighted by molar-refractivity contribution is -0.384. The number of benzene rings is 3. The molecular weight excluding hydrogens is 477 g/mol. The normalized spacial score (nSPS) is 12.0. The van der Waals surface area contributed by atoms with Crippen molar-refractivity contribution in [3.8, 4) is 0 Å². The van der Waals surface area contributed by atoms with Crippen LogP contribution in [0.1, 0.15) is 11.6 Å². The highest BCUT2D eigenvalue weighted by Crippen LogP contribution is 2.36. The number of amides is 2. The molecule has 0 bridgehead atoms. The lowest BCUT2D eigenvalue weighted by atomic mass is 10.0. The Kier molecular flexibility index (Phi) is 7.35. The Hall–Kier alpha value is -3.13. The van der Waals surface area contributed by atoms with Crippen LogP contribution in [0.2, 0.25) is 0 Å². The minimum Gasteiger partial charge on any atom is -0.324 e. The molecule has 0 aliphatic heterocycles. The topological polar surface area (TPSA) is 92.5 Å². The van der Waals surface area contributed by atoms with E-state index in [-0.39, 0.29) is 5.69 Å². The number of alkyl halides is 3. The molecular formula is C22H16Cl3N3O4. The lowest BCUT2D eigenvalue weighted by Crippen LogP contribution is -2.46. The summed E-state index contributed by atoms with van der Waals surface area (Å²) in [6, 6.07) is 21.0. The van der Waals surface area contributed by atoms with Crippen molar-refractivity contribution < 1.29 is 14.5 Å². The summed E-state index contributed by atoms with van der Waals surface area (Å²) in [6.07, 6.45) is 0. The fourth-order valence-corrected chi connectivity index (χ4v) is 3.31. The molecule has 3 rings (SSSR count). The molecule has 0 saturated heterocycles. The van der Waals surface area contributed by atoms with Crippen LogP contribution >= 0.6 is 34.8 Å². The number of carbonyl (C=O) groups is 2. The van der Waals surface area contributed by atoms with E-state index < -0.39 is 26.6 Å². The highest BCUT2D eigenvalue weighted by molar-refractivity contribution is 6.77. The van der Waals surface area contributed by atoms with Gasteiger partial charge in [-0.1, -0.05) is 83.3 Å². The van der Waals surface area contributed by atoms with Crippen molar-refractivity contribution in [2.75, 3.05) is 10.2 Å². The number of nitro benzene ring substituents is 1. The summed E-state index contributed by atoms with van der Waals surface area (Å²) in [7, 11) is 0. The van der Waals surface area contributed by atoms with Crippen LogP contribution in [0.15, 0.2) is 84.9 Å². The molecule has 1 atom stereocenters. The second-order valence-electron chi connectivity index (χ2n) is 6.61. The van der Waals surface area contributed by atoms with Crippen molar-refractivity contribution in [1.29, 1.82) is 0 Å². The Morgan fingerprint density at radius 1 is 0.875 bits per heavy atom. The molecule has 3 aromatic carbocycles. The van der Waals surface area contributed by atoms with Gasteiger partial charge in [-0.15, -0.1) is 0 Å². The molecule has 32 heavy (non-hydrogen) atoms. The minimum absolute atomic E-state index is 0.125. The van der Waals surface area contributed by atoms with E-state index in [2.05, 4.69) is 5.32 Å². The van der Waals surface area contributed by atoms with Gasteiger partial charge in [0.05, 0.1) is 4.92 Å².